The maximum atomic E-state index is 11.1. The van der Waals surface area contributed by atoms with E-state index in [-0.39, 0.29) is 5.97 Å². The predicted molar refractivity (Wildman–Crippen MR) is 47.1 cm³/mol. The first-order valence-corrected chi connectivity index (χ1v) is 4.01. The molecule has 61 valence electrons. The van der Waals surface area contributed by atoms with Crippen molar-refractivity contribution in [2.24, 2.45) is 0 Å². The van der Waals surface area contributed by atoms with Gasteiger partial charge >= 0.3 is 16.5 Å². The van der Waals surface area contributed by atoms with Crippen LogP contribution in [0, 0.1) is 13.8 Å². The Morgan fingerprint density at radius 3 is 2.67 bits per heavy atom. The summed E-state index contributed by atoms with van der Waals surface area (Å²) in [5, 5.41) is 0. The van der Waals surface area contributed by atoms with Crippen LogP contribution in [0.4, 0.5) is 0 Å². The Morgan fingerprint density at radius 1 is 1.42 bits per heavy atom. The van der Waals surface area contributed by atoms with Gasteiger partial charge < -0.3 is 4.43 Å². The molecule has 0 spiro atoms. The van der Waals surface area contributed by atoms with Gasteiger partial charge in [0.05, 0.1) is 5.56 Å². The van der Waals surface area contributed by atoms with E-state index in [0.717, 1.165) is 11.1 Å². The van der Waals surface area contributed by atoms with Gasteiger partial charge in [0, 0.05) is 0 Å². The lowest BCUT2D eigenvalue weighted by Gasteiger charge is -2.05. The Labute approximate surface area is 75.1 Å². The second-order valence-corrected chi connectivity index (χ2v) is 2.84. The summed E-state index contributed by atoms with van der Waals surface area (Å²) in [6.45, 7) is 3.85. The third kappa shape index (κ3) is 1.56. The number of rotatable bonds is 1. The highest BCUT2D eigenvalue weighted by atomic mass is 28.2. The number of hydrogen-bond acceptors (Lipinski definition) is 2. The molecule has 0 saturated carbocycles. The summed E-state index contributed by atoms with van der Waals surface area (Å²) in [6.07, 6.45) is 0. The van der Waals surface area contributed by atoms with Gasteiger partial charge in [-0.1, -0.05) is 12.1 Å². The molecular formula is C9H9O2Si. The fraction of sp³-hybridized carbons (Fsp3) is 0.222. The maximum Gasteiger partial charge on any atom is 0.345 e. The molecule has 0 N–H and O–H groups in total. The highest BCUT2D eigenvalue weighted by molar-refractivity contribution is 6.09. The van der Waals surface area contributed by atoms with Crippen LogP contribution in [0.1, 0.15) is 21.5 Å². The van der Waals surface area contributed by atoms with Crippen molar-refractivity contribution in [2.75, 3.05) is 0 Å². The normalized spacial score (nSPS) is 9.58. The molecule has 1 rings (SSSR count). The average Bonchev–Trinajstić information content (AvgIpc) is 2.08. The molecule has 0 aliphatic rings. The lowest BCUT2D eigenvalue weighted by atomic mass is 10.0. The van der Waals surface area contributed by atoms with Crippen molar-refractivity contribution in [3.05, 3.63) is 34.9 Å². The Bertz CT molecular complexity index is 307. The zero-order valence-electron chi connectivity index (χ0n) is 7.05. The van der Waals surface area contributed by atoms with Crippen molar-refractivity contribution >= 4 is 16.5 Å². The topological polar surface area (TPSA) is 26.3 Å². The van der Waals surface area contributed by atoms with Crippen molar-refractivity contribution in [3.8, 4) is 0 Å². The summed E-state index contributed by atoms with van der Waals surface area (Å²) in [5.41, 5.74) is 2.65. The third-order valence-corrected chi connectivity index (χ3v) is 2.10. The highest BCUT2D eigenvalue weighted by Crippen LogP contribution is 2.12. The smallest absolute Gasteiger partial charge is 0.345 e. The third-order valence-electron chi connectivity index (χ3n) is 1.92. The molecule has 0 atom stereocenters. The lowest BCUT2D eigenvalue weighted by Crippen LogP contribution is -2.05. The Hall–Kier alpha value is -1.09. The lowest BCUT2D eigenvalue weighted by molar-refractivity contribution is 0.0749. The first-order valence-electron chi connectivity index (χ1n) is 3.61. The Kier molecular flexibility index (Phi) is 2.65. The van der Waals surface area contributed by atoms with Crippen LogP contribution in [0.5, 0.6) is 0 Å². The number of carbonyl (C=O) groups excluding carboxylic acids is 1. The van der Waals surface area contributed by atoms with Crippen LogP contribution in [-0.4, -0.2) is 16.5 Å². The van der Waals surface area contributed by atoms with Crippen LogP contribution < -0.4 is 0 Å². The summed E-state index contributed by atoms with van der Waals surface area (Å²) in [4.78, 5) is 11.1. The minimum atomic E-state index is -0.354. The molecule has 0 fully saturated rings. The van der Waals surface area contributed by atoms with Gasteiger partial charge in [0.25, 0.3) is 0 Å². The van der Waals surface area contributed by atoms with E-state index in [2.05, 4.69) is 14.9 Å². The molecule has 0 amide bonds. The molecule has 1 aromatic rings. The van der Waals surface area contributed by atoms with E-state index in [1.54, 1.807) is 6.07 Å². The van der Waals surface area contributed by atoms with Crippen LogP contribution in [0.2, 0.25) is 0 Å². The van der Waals surface area contributed by atoms with Crippen LogP contribution in [0.3, 0.4) is 0 Å². The van der Waals surface area contributed by atoms with Crippen molar-refractivity contribution in [3.63, 3.8) is 0 Å². The molecule has 0 aliphatic carbocycles. The fourth-order valence-electron chi connectivity index (χ4n) is 1.03. The minimum Gasteiger partial charge on any atom is -0.513 e. The van der Waals surface area contributed by atoms with Gasteiger partial charge in [-0.05, 0) is 31.0 Å². The second-order valence-electron chi connectivity index (χ2n) is 2.64. The van der Waals surface area contributed by atoms with E-state index in [1.165, 1.54) is 0 Å². The first-order chi connectivity index (χ1) is 5.66. The van der Waals surface area contributed by atoms with Gasteiger partial charge in [-0.2, -0.15) is 0 Å². The molecular weight excluding hydrogens is 168 g/mol. The molecule has 2 nitrogen and oxygen atoms in total. The molecule has 0 aromatic heterocycles. The predicted octanol–water partition coefficient (Wildman–Crippen LogP) is 1.54. The minimum absolute atomic E-state index is 0.354. The van der Waals surface area contributed by atoms with Gasteiger partial charge in [-0.3, -0.25) is 0 Å². The van der Waals surface area contributed by atoms with E-state index in [4.69, 9.17) is 0 Å². The van der Waals surface area contributed by atoms with Gasteiger partial charge in [-0.15, -0.1) is 0 Å². The maximum absolute atomic E-state index is 11.1. The second kappa shape index (κ2) is 3.54. The number of hydrogen-bond donors (Lipinski definition) is 0. The Morgan fingerprint density at radius 2 is 2.08 bits per heavy atom. The van der Waals surface area contributed by atoms with Gasteiger partial charge in [0.1, 0.15) is 0 Å². The van der Waals surface area contributed by atoms with Crippen molar-refractivity contribution in [1.82, 2.24) is 0 Å². The summed E-state index contributed by atoms with van der Waals surface area (Å²) >= 11 is 0. The molecule has 0 bridgehead atoms. The molecule has 3 radical (unpaired) electrons. The fourth-order valence-corrected chi connectivity index (χ4v) is 1.14. The molecule has 0 heterocycles. The monoisotopic (exact) mass is 177 g/mol. The zero-order chi connectivity index (χ0) is 9.14. The molecule has 0 aliphatic heterocycles. The molecule has 1 aromatic carbocycles. The van der Waals surface area contributed by atoms with Crippen molar-refractivity contribution in [2.45, 2.75) is 13.8 Å². The van der Waals surface area contributed by atoms with E-state index in [1.807, 2.05) is 26.0 Å². The first kappa shape index (κ1) is 9.00. The molecule has 3 heteroatoms. The quantitative estimate of drug-likeness (QED) is 0.608. The van der Waals surface area contributed by atoms with E-state index < -0.39 is 0 Å². The van der Waals surface area contributed by atoms with Crippen LogP contribution >= 0.6 is 0 Å². The summed E-state index contributed by atoms with van der Waals surface area (Å²) in [5.74, 6) is -0.354. The van der Waals surface area contributed by atoms with Gasteiger partial charge in [0.2, 0.25) is 0 Å². The zero-order valence-corrected chi connectivity index (χ0v) is 8.05. The number of aryl methyl sites for hydroxylation is 1. The highest BCUT2D eigenvalue weighted by Gasteiger charge is 2.08. The van der Waals surface area contributed by atoms with Crippen LogP contribution in [-0.2, 0) is 4.43 Å². The van der Waals surface area contributed by atoms with Crippen LogP contribution in [0.15, 0.2) is 18.2 Å². The molecule has 12 heavy (non-hydrogen) atoms. The van der Waals surface area contributed by atoms with Crippen LogP contribution in [0.25, 0.3) is 0 Å². The largest absolute Gasteiger partial charge is 0.513 e. The van der Waals surface area contributed by atoms with E-state index in [0.29, 0.717) is 5.56 Å². The van der Waals surface area contributed by atoms with E-state index in [9.17, 15) is 4.79 Å². The van der Waals surface area contributed by atoms with Gasteiger partial charge in [-0.25, -0.2) is 4.79 Å². The molecule has 0 unspecified atom stereocenters. The average molecular weight is 177 g/mol. The van der Waals surface area contributed by atoms with Crippen molar-refractivity contribution < 1.29 is 9.22 Å². The summed E-state index contributed by atoms with van der Waals surface area (Å²) in [7, 11) is 2.71. The number of benzene rings is 1. The van der Waals surface area contributed by atoms with E-state index >= 15 is 0 Å². The van der Waals surface area contributed by atoms with Crippen molar-refractivity contribution in [1.29, 1.82) is 0 Å². The number of carbonyl (C=O) groups is 1. The standard InChI is InChI=1S/C9H9O2Si/c1-6-4-3-5-8(7(6)2)9(10)11-12/h3-5H,1-2H3. The molecule has 0 saturated heterocycles. The SMILES string of the molecule is Cc1cccc(C(=O)O[Si])c1C. The van der Waals surface area contributed by atoms with Gasteiger partial charge in [0.15, 0.2) is 0 Å². The summed E-state index contributed by atoms with van der Waals surface area (Å²) < 4.78 is 4.44. The summed E-state index contributed by atoms with van der Waals surface area (Å²) in [6, 6.07) is 5.53. The Balaban J connectivity index is 3.16.